The van der Waals surface area contributed by atoms with Gasteiger partial charge in [0, 0.05) is 11.1 Å². The molecule has 0 radical (unpaired) electrons. The topological polar surface area (TPSA) is 0 Å². The van der Waals surface area contributed by atoms with E-state index in [0.29, 0.717) is 0 Å². The molecule has 0 atom stereocenters. The Hall–Kier alpha value is -3.31. The summed E-state index contributed by atoms with van der Waals surface area (Å²) in [6.45, 7) is 14.0. The predicted molar refractivity (Wildman–Crippen MR) is 166 cm³/mol. The van der Waals surface area contributed by atoms with E-state index < -0.39 is 16.1 Å². The fourth-order valence-corrected chi connectivity index (χ4v) is 5.79. The molecule has 5 aromatic carbocycles. The fraction of sp³-hybridized carbons (Fsp3) is 0.235. The summed E-state index contributed by atoms with van der Waals surface area (Å²) in [5.41, 5.74) is 9.81. The van der Waals surface area contributed by atoms with E-state index in [1.54, 1.807) is 0 Å². The molecule has 0 amide bonds. The molecule has 0 bridgehead atoms. The lowest BCUT2D eigenvalue weighted by Gasteiger charge is -2.16. The van der Waals surface area contributed by atoms with Crippen molar-refractivity contribution in [3.8, 4) is 22.9 Å². The Morgan fingerprint density at radius 3 is 1.03 bits per heavy atom. The Morgan fingerprint density at radius 1 is 0.500 bits per heavy atom. The molecule has 0 saturated carbocycles. The lowest BCUT2D eigenvalue weighted by atomic mass is 9.89. The summed E-state index contributed by atoms with van der Waals surface area (Å²) in [6.07, 6.45) is 0. The molecule has 0 aromatic heterocycles. The molecular weight excluding hydrogens is 465 g/mol. The quantitative estimate of drug-likeness (QED) is 0.129. The van der Waals surface area contributed by atoms with Gasteiger partial charge in [-0.1, -0.05) is 100 Å². The summed E-state index contributed by atoms with van der Waals surface area (Å²) in [6, 6.07) is 29.0. The van der Waals surface area contributed by atoms with Crippen molar-refractivity contribution < 1.29 is 0 Å². The van der Waals surface area contributed by atoms with Gasteiger partial charge in [-0.15, -0.1) is 11.1 Å². The van der Waals surface area contributed by atoms with Gasteiger partial charge in [-0.05, 0) is 79.4 Å². The molecule has 0 nitrogen and oxygen atoms in total. The predicted octanol–water partition coefficient (Wildman–Crippen LogP) is 9.54. The van der Waals surface area contributed by atoms with Gasteiger partial charge in [0.1, 0.15) is 16.1 Å². The van der Waals surface area contributed by atoms with Crippen LogP contribution in [0.4, 0.5) is 0 Å². The van der Waals surface area contributed by atoms with E-state index in [9.17, 15) is 0 Å². The minimum Gasteiger partial charge on any atom is -0.126 e. The highest BCUT2D eigenvalue weighted by Crippen LogP contribution is 2.37. The molecule has 2 heteroatoms. The van der Waals surface area contributed by atoms with E-state index in [1.165, 1.54) is 43.1 Å². The Labute approximate surface area is 217 Å². The Kier molecular flexibility index (Phi) is 6.29. The average molecular weight is 499 g/mol. The van der Waals surface area contributed by atoms with Crippen molar-refractivity contribution in [1.29, 1.82) is 0 Å². The van der Waals surface area contributed by atoms with Gasteiger partial charge < -0.3 is 0 Å². The van der Waals surface area contributed by atoms with Gasteiger partial charge in [-0.2, -0.15) is 0 Å². The van der Waals surface area contributed by atoms with Crippen molar-refractivity contribution in [3.05, 3.63) is 83.9 Å². The van der Waals surface area contributed by atoms with Gasteiger partial charge in [0.25, 0.3) is 0 Å². The number of benzene rings is 5. The van der Waals surface area contributed by atoms with Crippen LogP contribution in [0.25, 0.3) is 43.1 Å². The smallest absolute Gasteiger partial charge is 0.126 e. The molecule has 178 valence electrons. The summed E-state index contributed by atoms with van der Waals surface area (Å²) in [7, 11) is -3.17. The maximum atomic E-state index is 3.75. The second-order valence-electron chi connectivity index (χ2n) is 11.2. The van der Waals surface area contributed by atoms with Crippen LogP contribution in [0.5, 0.6) is 0 Å². The van der Waals surface area contributed by atoms with Gasteiger partial charge in [0.2, 0.25) is 0 Å². The monoisotopic (exact) mass is 498 g/mol. The highest BCUT2D eigenvalue weighted by Gasteiger charge is 2.18. The first kappa shape index (κ1) is 24.4. The number of fused-ring (bicyclic) bond motifs is 4. The molecule has 0 heterocycles. The number of rotatable bonds is 2. The van der Waals surface area contributed by atoms with Crippen molar-refractivity contribution in [1.82, 2.24) is 0 Å². The van der Waals surface area contributed by atoms with E-state index in [1.807, 2.05) is 0 Å². The maximum absolute atomic E-state index is 3.75. The van der Waals surface area contributed by atoms with Crippen LogP contribution in [0, 0.1) is 22.9 Å². The van der Waals surface area contributed by atoms with Crippen molar-refractivity contribution in [2.75, 3.05) is 0 Å². The molecule has 0 N–H and O–H groups in total. The van der Waals surface area contributed by atoms with Crippen molar-refractivity contribution in [2.24, 2.45) is 0 Å². The molecule has 5 rings (SSSR count). The number of hydrogen-bond acceptors (Lipinski definition) is 0. The van der Waals surface area contributed by atoms with E-state index >= 15 is 0 Å². The highest BCUT2D eigenvalue weighted by atomic mass is 28.3. The molecule has 0 aliphatic rings. The molecule has 36 heavy (non-hydrogen) atoms. The first-order chi connectivity index (χ1) is 17.2. The third-order valence-corrected chi connectivity index (χ3v) is 12.8. The zero-order valence-electron chi connectivity index (χ0n) is 22.3. The Bertz CT molecular complexity index is 1540. The third-order valence-electron chi connectivity index (χ3n) is 7.67. The summed E-state index contributed by atoms with van der Waals surface area (Å²) in [4.78, 5) is 0. The van der Waals surface area contributed by atoms with Gasteiger partial charge >= 0.3 is 0 Å². The fourth-order valence-electron chi connectivity index (χ4n) is 4.51. The maximum Gasteiger partial charge on any atom is 0.132 e. The van der Waals surface area contributed by atoms with Crippen LogP contribution >= 0.6 is 0 Å². The highest BCUT2D eigenvalue weighted by molar-refractivity contribution is 6.85. The number of hydrogen-bond donors (Lipinski definition) is 0. The van der Waals surface area contributed by atoms with Crippen LogP contribution in [0.2, 0.25) is 38.3 Å². The van der Waals surface area contributed by atoms with Crippen molar-refractivity contribution >= 4 is 59.2 Å². The zero-order valence-corrected chi connectivity index (χ0v) is 24.3. The molecule has 0 saturated heterocycles. The lowest BCUT2D eigenvalue weighted by Crippen LogP contribution is -2.21. The average Bonchev–Trinajstić information content (AvgIpc) is 2.88. The minimum atomic E-state index is -1.58. The van der Waals surface area contributed by atoms with Gasteiger partial charge in [-0.25, -0.2) is 0 Å². The van der Waals surface area contributed by atoms with E-state index in [4.69, 9.17) is 0 Å². The molecule has 0 unspecified atom stereocenters. The third kappa shape index (κ3) is 4.60. The van der Waals surface area contributed by atoms with Crippen LogP contribution in [-0.4, -0.2) is 16.1 Å². The first-order valence-corrected chi connectivity index (χ1v) is 19.5. The van der Waals surface area contributed by atoms with E-state index in [0.717, 1.165) is 23.2 Å². The van der Waals surface area contributed by atoms with Crippen molar-refractivity contribution in [3.63, 3.8) is 0 Å². The molecule has 0 aliphatic heterocycles. The largest absolute Gasteiger partial charge is 0.132 e. The van der Waals surface area contributed by atoms with Crippen LogP contribution in [0.3, 0.4) is 0 Å². The van der Waals surface area contributed by atoms with Crippen LogP contribution in [-0.2, 0) is 0 Å². The molecular formula is C34H34Si2. The zero-order chi connectivity index (χ0) is 25.5. The van der Waals surface area contributed by atoms with Crippen LogP contribution in [0.15, 0.2) is 72.8 Å². The summed E-state index contributed by atoms with van der Waals surface area (Å²) < 4.78 is 0. The Balaban J connectivity index is 2.02. The SMILES string of the molecule is CC[Si](C)(C)C#Cc1c2cc3ccccc3cc2c(C#C[Si](C)(C)CC)c2cc3ccccc3cc12. The van der Waals surface area contributed by atoms with Gasteiger partial charge in [-0.3, -0.25) is 0 Å². The van der Waals surface area contributed by atoms with Gasteiger partial charge in [0.15, 0.2) is 0 Å². The molecule has 0 fully saturated rings. The first-order valence-electron chi connectivity index (χ1n) is 13.1. The standard InChI is InChI=1S/C34H34Si2/c1-7-35(3,4)19-17-29-31-21-25-13-9-11-15-27(25)23-33(31)30(18-20-36(5,6)8-2)34-24-28-16-12-10-14-26(28)22-32(29)34/h9-16,21-24H,7-8H2,1-6H3. The Morgan fingerprint density at radius 2 is 0.778 bits per heavy atom. The summed E-state index contributed by atoms with van der Waals surface area (Å²) >= 11 is 0. The van der Waals surface area contributed by atoms with Crippen molar-refractivity contribution in [2.45, 2.75) is 52.1 Å². The summed E-state index contributed by atoms with van der Waals surface area (Å²) in [5.74, 6) is 7.47. The van der Waals surface area contributed by atoms with E-state index in [-0.39, 0.29) is 0 Å². The molecule has 5 aromatic rings. The summed E-state index contributed by atoms with van der Waals surface area (Å²) in [5, 5.41) is 9.92. The molecule has 0 aliphatic carbocycles. The second kappa shape index (κ2) is 9.29. The molecule has 0 spiro atoms. The minimum absolute atomic E-state index is 1.15. The lowest BCUT2D eigenvalue weighted by molar-refractivity contribution is 1.38. The van der Waals surface area contributed by atoms with E-state index in [2.05, 4.69) is 136 Å². The van der Waals surface area contributed by atoms with Crippen LogP contribution in [0.1, 0.15) is 25.0 Å². The van der Waals surface area contributed by atoms with Gasteiger partial charge in [0.05, 0.1) is 0 Å². The van der Waals surface area contributed by atoms with Crippen LogP contribution < -0.4 is 0 Å². The second-order valence-corrected chi connectivity index (χ2v) is 20.7. The normalized spacial score (nSPS) is 11.9.